The fourth-order valence-corrected chi connectivity index (χ4v) is 3.94. The van der Waals surface area contributed by atoms with Gasteiger partial charge < -0.3 is 15.2 Å². The molecule has 4 heterocycles. The lowest BCUT2D eigenvalue weighted by Gasteiger charge is -2.41. The first-order valence-electron chi connectivity index (χ1n) is 7.10. The van der Waals surface area contributed by atoms with Gasteiger partial charge in [0.1, 0.15) is 16.2 Å². The summed E-state index contributed by atoms with van der Waals surface area (Å²) in [5.41, 5.74) is 2.56. The summed E-state index contributed by atoms with van der Waals surface area (Å²) in [5.74, 6) is -0.00582. The fraction of sp³-hybridized carbons (Fsp3) is 0.250. The normalized spacial score (nSPS) is 16.7. The number of anilines is 1. The molecule has 0 aromatic carbocycles. The standard InChI is InChI=1S/C16H16N4OS/c1-16(2)19-15(21)13-11(20(16)3)8-12(22-13)9-4-6-17-14-10(9)5-7-18-14/h4-8H,1-3H3,(H,17,18)(H,19,21). The molecule has 22 heavy (non-hydrogen) atoms. The smallest absolute Gasteiger partial charge is 0.265 e. The zero-order valence-electron chi connectivity index (χ0n) is 12.6. The molecule has 1 amide bonds. The SMILES string of the molecule is CN1c2cc(-c3ccnc4[nH]ccc34)sc2C(=O)NC1(C)C. The molecule has 3 aromatic rings. The first-order valence-corrected chi connectivity index (χ1v) is 7.92. The number of carbonyl (C=O) groups excluding carboxylic acids is 1. The molecule has 0 spiro atoms. The number of pyridine rings is 1. The highest BCUT2D eigenvalue weighted by atomic mass is 32.1. The molecule has 5 nitrogen and oxygen atoms in total. The van der Waals surface area contributed by atoms with Crippen LogP contribution in [0.25, 0.3) is 21.5 Å². The summed E-state index contributed by atoms with van der Waals surface area (Å²) in [4.78, 5) is 23.8. The van der Waals surface area contributed by atoms with Crippen molar-refractivity contribution in [2.45, 2.75) is 19.5 Å². The highest BCUT2D eigenvalue weighted by Crippen LogP contribution is 2.42. The Morgan fingerprint density at radius 2 is 2.14 bits per heavy atom. The summed E-state index contributed by atoms with van der Waals surface area (Å²) < 4.78 is 0. The van der Waals surface area contributed by atoms with Crippen LogP contribution in [-0.4, -0.2) is 28.6 Å². The van der Waals surface area contributed by atoms with Gasteiger partial charge in [0.15, 0.2) is 0 Å². The van der Waals surface area contributed by atoms with E-state index in [9.17, 15) is 4.79 Å². The molecule has 0 bridgehead atoms. The van der Waals surface area contributed by atoms with Gasteiger partial charge in [-0.25, -0.2) is 4.98 Å². The number of aromatic nitrogens is 2. The number of hydrogen-bond acceptors (Lipinski definition) is 4. The van der Waals surface area contributed by atoms with Crippen LogP contribution in [0, 0.1) is 0 Å². The van der Waals surface area contributed by atoms with Crippen LogP contribution >= 0.6 is 11.3 Å². The second-order valence-corrected chi connectivity index (χ2v) is 7.05. The molecule has 1 aliphatic rings. The van der Waals surface area contributed by atoms with Crippen LogP contribution < -0.4 is 10.2 Å². The number of thiophene rings is 1. The maximum absolute atomic E-state index is 12.4. The molecule has 0 radical (unpaired) electrons. The molecular formula is C16H16N4OS. The molecule has 0 aliphatic carbocycles. The van der Waals surface area contributed by atoms with Crippen LogP contribution in [0.1, 0.15) is 23.5 Å². The number of rotatable bonds is 1. The van der Waals surface area contributed by atoms with Crippen molar-refractivity contribution in [1.29, 1.82) is 0 Å². The van der Waals surface area contributed by atoms with Crippen LogP contribution in [0.5, 0.6) is 0 Å². The molecule has 0 fully saturated rings. The van der Waals surface area contributed by atoms with Gasteiger partial charge in [-0.3, -0.25) is 4.79 Å². The van der Waals surface area contributed by atoms with Gasteiger partial charge in [-0.05, 0) is 32.0 Å². The van der Waals surface area contributed by atoms with Crippen LogP contribution in [0.15, 0.2) is 30.6 Å². The molecule has 6 heteroatoms. The summed E-state index contributed by atoms with van der Waals surface area (Å²) in [5, 5.41) is 4.11. The molecule has 4 rings (SSSR count). The van der Waals surface area contributed by atoms with E-state index in [0.717, 1.165) is 32.0 Å². The zero-order valence-corrected chi connectivity index (χ0v) is 13.4. The molecule has 2 N–H and O–H groups in total. The molecule has 0 atom stereocenters. The Morgan fingerprint density at radius 3 is 2.95 bits per heavy atom. The highest BCUT2D eigenvalue weighted by molar-refractivity contribution is 7.18. The van der Waals surface area contributed by atoms with Crippen molar-refractivity contribution in [2.75, 3.05) is 11.9 Å². The van der Waals surface area contributed by atoms with Crippen molar-refractivity contribution in [3.8, 4) is 10.4 Å². The van der Waals surface area contributed by atoms with E-state index in [2.05, 4.69) is 26.3 Å². The molecule has 0 saturated carbocycles. The average molecular weight is 312 g/mol. The number of hydrogen-bond donors (Lipinski definition) is 2. The van der Waals surface area contributed by atoms with Crippen molar-refractivity contribution < 1.29 is 4.79 Å². The molecule has 3 aromatic heterocycles. The summed E-state index contributed by atoms with van der Waals surface area (Å²) in [6, 6.07) is 6.11. The minimum Gasteiger partial charge on any atom is -0.351 e. The Balaban J connectivity index is 1.91. The van der Waals surface area contributed by atoms with Crippen LogP contribution in [0.3, 0.4) is 0 Å². The molecule has 1 aliphatic heterocycles. The quantitative estimate of drug-likeness (QED) is 0.725. The number of fused-ring (bicyclic) bond motifs is 2. The van der Waals surface area contributed by atoms with Gasteiger partial charge in [0.2, 0.25) is 0 Å². The van der Waals surface area contributed by atoms with E-state index in [-0.39, 0.29) is 11.6 Å². The minimum absolute atomic E-state index is 0.00582. The summed E-state index contributed by atoms with van der Waals surface area (Å²) >= 11 is 1.52. The van der Waals surface area contributed by atoms with Gasteiger partial charge in [0, 0.05) is 35.3 Å². The number of aromatic amines is 1. The molecule has 0 saturated heterocycles. The van der Waals surface area contributed by atoms with Gasteiger partial charge in [-0.1, -0.05) is 0 Å². The second-order valence-electron chi connectivity index (χ2n) is 6.00. The van der Waals surface area contributed by atoms with Crippen molar-refractivity contribution in [3.05, 3.63) is 35.5 Å². The van der Waals surface area contributed by atoms with E-state index in [1.807, 2.05) is 39.2 Å². The van der Waals surface area contributed by atoms with Crippen molar-refractivity contribution in [3.63, 3.8) is 0 Å². The third kappa shape index (κ3) is 1.77. The predicted octanol–water partition coefficient (Wildman–Crippen LogP) is 3.21. The van der Waals surface area contributed by atoms with E-state index in [1.165, 1.54) is 11.3 Å². The number of carbonyl (C=O) groups is 1. The Kier molecular flexibility index (Phi) is 2.62. The van der Waals surface area contributed by atoms with Gasteiger partial charge in [0.25, 0.3) is 5.91 Å². The molecular weight excluding hydrogens is 296 g/mol. The number of nitrogens with one attached hydrogen (secondary N) is 2. The lowest BCUT2D eigenvalue weighted by atomic mass is 10.1. The number of nitrogens with zero attached hydrogens (tertiary/aromatic N) is 2. The van der Waals surface area contributed by atoms with Crippen LogP contribution in [0.2, 0.25) is 0 Å². The van der Waals surface area contributed by atoms with Crippen molar-refractivity contribution in [2.24, 2.45) is 0 Å². The van der Waals surface area contributed by atoms with E-state index in [0.29, 0.717) is 0 Å². The third-order valence-corrected chi connectivity index (χ3v) is 5.42. The summed E-state index contributed by atoms with van der Waals surface area (Å²) in [6.45, 7) is 4.00. The first-order chi connectivity index (χ1) is 10.5. The Morgan fingerprint density at radius 1 is 1.32 bits per heavy atom. The monoisotopic (exact) mass is 312 g/mol. The number of H-pyrrole nitrogens is 1. The maximum Gasteiger partial charge on any atom is 0.265 e. The predicted molar refractivity (Wildman–Crippen MR) is 89.4 cm³/mol. The highest BCUT2D eigenvalue weighted by Gasteiger charge is 2.36. The topological polar surface area (TPSA) is 61.0 Å². The first kappa shape index (κ1) is 13.3. The number of amides is 1. The average Bonchev–Trinajstić information content (AvgIpc) is 3.11. The van der Waals surface area contributed by atoms with E-state index in [4.69, 9.17) is 0 Å². The Bertz CT molecular complexity index is 893. The second kappa shape index (κ2) is 4.33. The third-order valence-electron chi connectivity index (χ3n) is 4.26. The van der Waals surface area contributed by atoms with Crippen LogP contribution in [0.4, 0.5) is 5.69 Å². The lowest BCUT2D eigenvalue weighted by Crippen LogP contribution is -2.58. The van der Waals surface area contributed by atoms with Crippen molar-refractivity contribution >= 4 is 34.0 Å². The van der Waals surface area contributed by atoms with Gasteiger partial charge in [-0.2, -0.15) is 0 Å². The summed E-state index contributed by atoms with van der Waals surface area (Å²) in [7, 11) is 2.01. The summed E-state index contributed by atoms with van der Waals surface area (Å²) in [6.07, 6.45) is 3.68. The fourth-order valence-electron chi connectivity index (χ4n) is 2.82. The van der Waals surface area contributed by atoms with E-state index in [1.54, 1.807) is 6.20 Å². The maximum atomic E-state index is 12.4. The Labute approximate surface area is 132 Å². The molecule has 0 unspecified atom stereocenters. The largest absolute Gasteiger partial charge is 0.351 e. The van der Waals surface area contributed by atoms with E-state index >= 15 is 0 Å². The van der Waals surface area contributed by atoms with Gasteiger partial charge >= 0.3 is 0 Å². The van der Waals surface area contributed by atoms with Gasteiger partial charge in [0.05, 0.1) is 5.69 Å². The Hall–Kier alpha value is -2.34. The zero-order chi connectivity index (χ0) is 15.5. The minimum atomic E-state index is -0.385. The van der Waals surface area contributed by atoms with Gasteiger partial charge in [-0.15, -0.1) is 11.3 Å². The van der Waals surface area contributed by atoms with Crippen molar-refractivity contribution in [1.82, 2.24) is 15.3 Å². The lowest BCUT2D eigenvalue weighted by molar-refractivity contribution is 0.0905. The van der Waals surface area contributed by atoms with Crippen LogP contribution in [-0.2, 0) is 0 Å². The van der Waals surface area contributed by atoms with E-state index < -0.39 is 0 Å². The molecule has 112 valence electrons.